The van der Waals surface area contributed by atoms with Gasteiger partial charge in [0.2, 0.25) is 0 Å². The molecular formula is C15H22N2O2. The minimum atomic E-state index is -0.729. The third-order valence-corrected chi connectivity index (χ3v) is 3.89. The fraction of sp³-hybridized carbons (Fsp3) is 0.533. The lowest BCUT2D eigenvalue weighted by atomic mass is 9.97. The van der Waals surface area contributed by atoms with Crippen LogP contribution < -0.4 is 0 Å². The first-order chi connectivity index (χ1) is 9.08. The maximum absolute atomic E-state index is 11.2. The molecular weight excluding hydrogens is 240 g/mol. The fourth-order valence-corrected chi connectivity index (χ4v) is 2.70. The van der Waals surface area contributed by atoms with E-state index in [4.69, 9.17) is 0 Å². The molecule has 1 aromatic carbocycles. The molecule has 19 heavy (non-hydrogen) atoms. The van der Waals surface area contributed by atoms with E-state index in [1.54, 1.807) is 0 Å². The first kappa shape index (κ1) is 14.0. The molecule has 1 fully saturated rings. The summed E-state index contributed by atoms with van der Waals surface area (Å²) in [5, 5.41) is 9.18. The number of rotatable bonds is 4. The van der Waals surface area contributed by atoms with E-state index < -0.39 is 5.97 Å². The molecule has 0 amide bonds. The minimum absolute atomic E-state index is 0.00704. The molecule has 1 unspecified atom stereocenters. The topological polar surface area (TPSA) is 43.8 Å². The van der Waals surface area contributed by atoms with Gasteiger partial charge in [-0.25, -0.2) is 0 Å². The van der Waals surface area contributed by atoms with Crippen molar-refractivity contribution in [1.29, 1.82) is 0 Å². The van der Waals surface area contributed by atoms with Gasteiger partial charge in [0.1, 0.15) is 0 Å². The molecule has 0 radical (unpaired) electrons. The Labute approximate surface area is 114 Å². The Morgan fingerprint density at radius 1 is 1.26 bits per heavy atom. The molecule has 104 valence electrons. The highest BCUT2D eigenvalue weighted by molar-refractivity contribution is 5.68. The summed E-state index contributed by atoms with van der Waals surface area (Å²) in [6.07, 6.45) is 0.175. The summed E-state index contributed by atoms with van der Waals surface area (Å²) in [4.78, 5) is 15.8. The van der Waals surface area contributed by atoms with Crippen LogP contribution in [0.15, 0.2) is 24.3 Å². The van der Waals surface area contributed by atoms with Gasteiger partial charge in [-0.15, -0.1) is 0 Å². The zero-order valence-corrected chi connectivity index (χ0v) is 11.7. The van der Waals surface area contributed by atoms with E-state index in [0.717, 1.165) is 31.7 Å². The quantitative estimate of drug-likeness (QED) is 0.898. The second kappa shape index (κ2) is 6.17. The van der Waals surface area contributed by atoms with Crippen LogP contribution in [-0.2, 0) is 4.79 Å². The van der Waals surface area contributed by atoms with Crippen molar-refractivity contribution in [3.63, 3.8) is 0 Å². The summed E-state index contributed by atoms with van der Waals surface area (Å²) in [5.41, 5.74) is 2.32. The van der Waals surface area contributed by atoms with Crippen LogP contribution in [-0.4, -0.2) is 54.1 Å². The summed E-state index contributed by atoms with van der Waals surface area (Å²) in [7, 11) is 2.11. The summed E-state index contributed by atoms with van der Waals surface area (Å²) in [6.45, 7) is 5.93. The van der Waals surface area contributed by atoms with Gasteiger partial charge in [-0.3, -0.25) is 9.69 Å². The predicted octanol–water partition coefficient (Wildman–Crippen LogP) is 1.76. The fourth-order valence-electron chi connectivity index (χ4n) is 2.70. The van der Waals surface area contributed by atoms with Gasteiger partial charge in [0.05, 0.1) is 6.42 Å². The normalized spacial score (nSPS) is 19.3. The van der Waals surface area contributed by atoms with Crippen molar-refractivity contribution in [2.24, 2.45) is 0 Å². The summed E-state index contributed by atoms with van der Waals surface area (Å²) < 4.78 is 0. The monoisotopic (exact) mass is 262 g/mol. The number of aryl methyl sites for hydroxylation is 1. The highest BCUT2D eigenvalue weighted by atomic mass is 16.4. The van der Waals surface area contributed by atoms with Crippen LogP contribution in [0.3, 0.4) is 0 Å². The lowest BCUT2D eigenvalue weighted by Crippen LogP contribution is -2.46. The van der Waals surface area contributed by atoms with Gasteiger partial charge in [0.25, 0.3) is 0 Å². The van der Waals surface area contributed by atoms with E-state index in [0.29, 0.717) is 0 Å². The van der Waals surface area contributed by atoms with Crippen LogP contribution in [0.5, 0.6) is 0 Å². The Kier molecular flexibility index (Phi) is 4.56. The molecule has 0 aliphatic carbocycles. The molecule has 0 spiro atoms. The summed E-state index contributed by atoms with van der Waals surface area (Å²) >= 11 is 0. The molecule has 1 aromatic rings. The lowest BCUT2D eigenvalue weighted by Gasteiger charge is -2.38. The smallest absolute Gasteiger partial charge is 0.305 e. The number of carboxylic acid groups (broad SMARTS) is 1. The number of piperazine rings is 1. The van der Waals surface area contributed by atoms with Gasteiger partial charge in [-0.2, -0.15) is 0 Å². The van der Waals surface area contributed by atoms with E-state index >= 15 is 0 Å². The molecule has 0 bridgehead atoms. The Morgan fingerprint density at radius 2 is 1.89 bits per heavy atom. The van der Waals surface area contributed by atoms with E-state index in [1.807, 2.05) is 12.1 Å². The SMILES string of the molecule is Cc1ccccc1C(CC(=O)O)N1CCN(C)CC1. The van der Waals surface area contributed by atoms with Crippen molar-refractivity contribution in [1.82, 2.24) is 9.80 Å². The average molecular weight is 262 g/mol. The largest absolute Gasteiger partial charge is 0.481 e. The summed E-state index contributed by atoms with van der Waals surface area (Å²) in [5.74, 6) is -0.729. The van der Waals surface area contributed by atoms with E-state index in [2.05, 4.69) is 35.9 Å². The molecule has 1 aliphatic heterocycles. The van der Waals surface area contributed by atoms with Crippen molar-refractivity contribution in [2.75, 3.05) is 33.2 Å². The number of aliphatic carboxylic acids is 1. The van der Waals surface area contributed by atoms with Crippen LogP contribution in [0.25, 0.3) is 0 Å². The molecule has 1 saturated heterocycles. The maximum Gasteiger partial charge on any atom is 0.305 e. The second-order valence-corrected chi connectivity index (χ2v) is 5.31. The van der Waals surface area contributed by atoms with E-state index in [9.17, 15) is 9.90 Å². The van der Waals surface area contributed by atoms with Gasteiger partial charge >= 0.3 is 5.97 Å². The molecule has 2 rings (SSSR count). The van der Waals surface area contributed by atoms with Gasteiger partial charge in [-0.1, -0.05) is 24.3 Å². The number of carboxylic acids is 1. The Morgan fingerprint density at radius 3 is 2.47 bits per heavy atom. The van der Waals surface area contributed by atoms with Gasteiger partial charge < -0.3 is 10.0 Å². The molecule has 1 aliphatic rings. The first-order valence-electron chi connectivity index (χ1n) is 6.78. The van der Waals surface area contributed by atoms with Crippen molar-refractivity contribution in [2.45, 2.75) is 19.4 Å². The molecule has 0 aromatic heterocycles. The average Bonchev–Trinajstić information content (AvgIpc) is 2.38. The molecule has 1 heterocycles. The van der Waals surface area contributed by atoms with Crippen molar-refractivity contribution < 1.29 is 9.90 Å². The minimum Gasteiger partial charge on any atom is -0.481 e. The van der Waals surface area contributed by atoms with E-state index in [-0.39, 0.29) is 12.5 Å². The molecule has 1 N–H and O–H groups in total. The number of carbonyl (C=O) groups is 1. The number of benzene rings is 1. The Balaban J connectivity index is 2.21. The molecule has 4 nitrogen and oxygen atoms in total. The standard InChI is InChI=1S/C15H22N2O2/c1-12-5-3-4-6-13(12)14(11-15(18)19)17-9-7-16(2)8-10-17/h3-6,14H,7-11H2,1-2H3,(H,18,19). The molecule has 0 saturated carbocycles. The Bertz CT molecular complexity index is 440. The van der Waals surface area contributed by atoms with Gasteiger partial charge in [-0.05, 0) is 25.1 Å². The highest BCUT2D eigenvalue weighted by Crippen LogP contribution is 2.27. The van der Waals surface area contributed by atoms with Crippen LogP contribution in [0.4, 0.5) is 0 Å². The summed E-state index contributed by atoms with van der Waals surface area (Å²) in [6, 6.07) is 8.10. The van der Waals surface area contributed by atoms with Crippen LogP contribution >= 0.6 is 0 Å². The van der Waals surface area contributed by atoms with Crippen LogP contribution in [0.2, 0.25) is 0 Å². The van der Waals surface area contributed by atoms with Crippen molar-refractivity contribution in [3.05, 3.63) is 35.4 Å². The first-order valence-corrected chi connectivity index (χ1v) is 6.78. The molecule has 4 heteroatoms. The van der Waals surface area contributed by atoms with Crippen LogP contribution in [0, 0.1) is 6.92 Å². The lowest BCUT2D eigenvalue weighted by molar-refractivity contribution is -0.138. The van der Waals surface area contributed by atoms with Crippen molar-refractivity contribution >= 4 is 5.97 Å². The highest BCUT2D eigenvalue weighted by Gasteiger charge is 2.26. The number of hydrogen-bond acceptors (Lipinski definition) is 3. The van der Waals surface area contributed by atoms with Crippen molar-refractivity contribution in [3.8, 4) is 0 Å². The van der Waals surface area contributed by atoms with Gasteiger partial charge in [0, 0.05) is 32.2 Å². The number of likely N-dealkylation sites (N-methyl/N-ethyl adjacent to an activating group) is 1. The number of nitrogens with zero attached hydrogens (tertiary/aromatic N) is 2. The maximum atomic E-state index is 11.2. The Hall–Kier alpha value is -1.39. The third kappa shape index (κ3) is 3.55. The van der Waals surface area contributed by atoms with Crippen LogP contribution in [0.1, 0.15) is 23.6 Å². The van der Waals surface area contributed by atoms with Gasteiger partial charge in [0.15, 0.2) is 0 Å². The van der Waals surface area contributed by atoms with E-state index in [1.165, 1.54) is 5.56 Å². The third-order valence-electron chi connectivity index (χ3n) is 3.89. The number of hydrogen-bond donors (Lipinski definition) is 1. The zero-order valence-electron chi connectivity index (χ0n) is 11.7. The zero-order chi connectivity index (χ0) is 13.8. The molecule has 1 atom stereocenters. The predicted molar refractivity (Wildman–Crippen MR) is 75.2 cm³/mol. The second-order valence-electron chi connectivity index (χ2n) is 5.31.